The molecule has 6 nitrogen and oxygen atoms in total. The molecule has 1 aliphatic rings. The zero-order valence-electron chi connectivity index (χ0n) is 16.8. The summed E-state index contributed by atoms with van der Waals surface area (Å²) in [4.78, 5) is 12.3. The lowest BCUT2D eigenvalue weighted by Gasteiger charge is -2.12. The average molecular weight is 477 g/mol. The number of carbonyl (C=O) groups excluding carboxylic acids is 1. The van der Waals surface area contributed by atoms with Gasteiger partial charge >= 0.3 is 0 Å². The number of ether oxygens (including phenoxy) is 1. The molecule has 1 aromatic heterocycles. The van der Waals surface area contributed by atoms with Crippen molar-refractivity contribution in [3.8, 4) is 11.4 Å². The van der Waals surface area contributed by atoms with E-state index in [1.165, 1.54) is 11.8 Å². The molecular weight excluding hydrogens is 455 g/mol. The quantitative estimate of drug-likeness (QED) is 0.477. The van der Waals surface area contributed by atoms with E-state index in [-0.39, 0.29) is 17.8 Å². The normalized spacial score (nSPS) is 15.9. The van der Waals surface area contributed by atoms with E-state index in [1.54, 1.807) is 12.1 Å². The molecule has 1 saturated heterocycles. The van der Waals surface area contributed by atoms with Crippen LogP contribution in [0.1, 0.15) is 18.4 Å². The second kappa shape index (κ2) is 10.5. The Kier molecular flexibility index (Phi) is 7.50. The van der Waals surface area contributed by atoms with Crippen LogP contribution < -0.4 is 5.32 Å². The molecule has 1 aliphatic heterocycles. The second-order valence-electron chi connectivity index (χ2n) is 7.23. The molecule has 162 valence electrons. The minimum Gasteiger partial charge on any atom is -0.376 e. The highest BCUT2D eigenvalue weighted by Crippen LogP contribution is 2.32. The summed E-state index contributed by atoms with van der Waals surface area (Å²) < 4.78 is 7.53. The topological polar surface area (TPSA) is 69.0 Å². The van der Waals surface area contributed by atoms with Crippen molar-refractivity contribution in [2.24, 2.45) is 0 Å². The third kappa shape index (κ3) is 5.80. The van der Waals surface area contributed by atoms with Crippen molar-refractivity contribution in [2.75, 3.05) is 18.9 Å². The van der Waals surface area contributed by atoms with Crippen LogP contribution in [0.5, 0.6) is 0 Å². The van der Waals surface area contributed by atoms with E-state index in [4.69, 9.17) is 27.9 Å². The highest BCUT2D eigenvalue weighted by molar-refractivity contribution is 7.99. The molecule has 2 heterocycles. The number of benzene rings is 2. The molecule has 31 heavy (non-hydrogen) atoms. The smallest absolute Gasteiger partial charge is 0.230 e. The maximum Gasteiger partial charge on any atom is 0.230 e. The summed E-state index contributed by atoms with van der Waals surface area (Å²) in [6, 6.07) is 15.3. The van der Waals surface area contributed by atoms with E-state index in [9.17, 15) is 4.79 Å². The lowest BCUT2D eigenvalue weighted by atomic mass is 10.2. The van der Waals surface area contributed by atoms with Gasteiger partial charge in [-0.2, -0.15) is 0 Å². The molecule has 0 saturated carbocycles. The summed E-state index contributed by atoms with van der Waals surface area (Å²) in [6.07, 6.45) is 2.16. The summed E-state index contributed by atoms with van der Waals surface area (Å²) in [7, 11) is 0. The molecule has 0 radical (unpaired) electrons. The van der Waals surface area contributed by atoms with Gasteiger partial charge in [0.05, 0.1) is 23.4 Å². The zero-order chi connectivity index (χ0) is 21.6. The van der Waals surface area contributed by atoms with E-state index in [0.717, 1.165) is 30.6 Å². The van der Waals surface area contributed by atoms with Crippen LogP contribution in [0, 0.1) is 0 Å². The highest BCUT2D eigenvalue weighted by atomic mass is 35.5. The summed E-state index contributed by atoms with van der Waals surface area (Å²) in [5.74, 6) is 0.821. The molecule has 0 spiro atoms. The largest absolute Gasteiger partial charge is 0.376 e. The van der Waals surface area contributed by atoms with Gasteiger partial charge in [-0.1, -0.05) is 65.3 Å². The Morgan fingerprint density at radius 1 is 1.19 bits per heavy atom. The van der Waals surface area contributed by atoms with Gasteiger partial charge in [0.25, 0.3) is 0 Å². The second-order valence-corrected chi connectivity index (χ2v) is 9.02. The average Bonchev–Trinajstić information content (AvgIpc) is 3.42. The number of rotatable bonds is 8. The Balaban J connectivity index is 1.52. The van der Waals surface area contributed by atoms with Gasteiger partial charge in [-0.3, -0.25) is 9.36 Å². The van der Waals surface area contributed by atoms with Crippen LogP contribution in [0.2, 0.25) is 10.0 Å². The van der Waals surface area contributed by atoms with Crippen molar-refractivity contribution < 1.29 is 9.53 Å². The van der Waals surface area contributed by atoms with Crippen molar-refractivity contribution in [3.05, 3.63) is 64.1 Å². The number of carbonyl (C=O) groups is 1. The van der Waals surface area contributed by atoms with Crippen molar-refractivity contribution in [1.29, 1.82) is 0 Å². The number of hydrogen-bond acceptors (Lipinski definition) is 5. The van der Waals surface area contributed by atoms with Crippen LogP contribution in [0.25, 0.3) is 11.4 Å². The first-order valence-corrected chi connectivity index (χ1v) is 11.8. The van der Waals surface area contributed by atoms with Crippen molar-refractivity contribution in [3.63, 3.8) is 0 Å². The minimum atomic E-state index is -0.0548. The lowest BCUT2D eigenvalue weighted by Crippen LogP contribution is -2.32. The van der Waals surface area contributed by atoms with Gasteiger partial charge in [0, 0.05) is 23.7 Å². The fourth-order valence-corrected chi connectivity index (χ4v) is 4.65. The number of thioether (sulfide) groups is 1. The van der Waals surface area contributed by atoms with Crippen molar-refractivity contribution in [1.82, 2.24) is 20.1 Å². The van der Waals surface area contributed by atoms with Gasteiger partial charge in [-0.15, -0.1) is 10.2 Å². The zero-order valence-corrected chi connectivity index (χ0v) is 19.1. The van der Waals surface area contributed by atoms with Crippen molar-refractivity contribution >= 4 is 40.9 Å². The van der Waals surface area contributed by atoms with Gasteiger partial charge in [0.2, 0.25) is 5.91 Å². The first-order valence-electron chi connectivity index (χ1n) is 10.0. The summed E-state index contributed by atoms with van der Waals surface area (Å²) in [5, 5.41) is 13.4. The molecule has 4 rings (SSSR count). The molecule has 0 aliphatic carbocycles. The van der Waals surface area contributed by atoms with E-state index in [2.05, 4.69) is 15.5 Å². The number of halogens is 2. The maximum atomic E-state index is 12.3. The van der Waals surface area contributed by atoms with Crippen molar-refractivity contribution in [2.45, 2.75) is 30.6 Å². The molecule has 1 fully saturated rings. The molecule has 1 amide bonds. The van der Waals surface area contributed by atoms with Crippen LogP contribution in [-0.4, -0.2) is 45.7 Å². The highest BCUT2D eigenvalue weighted by Gasteiger charge is 2.19. The van der Waals surface area contributed by atoms with Gasteiger partial charge < -0.3 is 10.1 Å². The van der Waals surface area contributed by atoms with Gasteiger partial charge in [-0.05, 0) is 36.6 Å². The standard InChI is InChI=1S/C22H22Cl2N4O2S/c23-16-8-9-18(19(24)11-16)21-26-27-22(28(21)13-15-5-2-1-3-6-15)31-14-20(29)25-12-17-7-4-10-30-17/h1-3,5-6,8-9,11,17H,4,7,10,12-14H2,(H,25,29). The number of aromatic nitrogens is 3. The molecule has 1 N–H and O–H groups in total. The SMILES string of the molecule is O=C(CSc1nnc(-c2ccc(Cl)cc2Cl)n1Cc1ccccc1)NCC1CCCO1. The van der Waals surface area contributed by atoms with E-state index >= 15 is 0 Å². The fourth-order valence-electron chi connectivity index (χ4n) is 3.39. The molecule has 0 bridgehead atoms. The third-order valence-corrected chi connectivity index (χ3v) is 6.47. The molecular formula is C22H22Cl2N4O2S. The Labute approximate surface area is 195 Å². The molecule has 1 atom stereocenters. The van der Waals surface area contributed by atoms with Crippen LogP contribution in [-0.2, 0) is 16.1 Å². The van der Waals surface area contributed by atoms with Crippen LogP contribution in [0.3, 0.4) is 0 Å². The van der Waals surface area contributed by atoms with Crippen LogP contribution in [0.15, 0.2) is 53.7 Å². The number of amides is 1. The van der Waals surface area contributed by atoms with Crippen LogP contribution >= 0.6 is 35.0 Å². The van der Waals surface area contributed by atoms with Crippen LogP contribution in [0.4, 0.5) is 0 Å². The molecule has 2 aromatic carbocycles. The Bertz CT molecular complexity index is 1040. The van der Waals surface area contributed by atoms with E-state index < -0.39 is 0 Å². The van der Waals surface area contributed by atoms with E-state index in [0.29, 0.717) is 34.1 Å². The first-order chi connectivity index (χ1) is 15.1. The number of hydrogen-bond donors (Lipinski definition) is 1. The predicted octanol–water partition coefficient (Wildman–Crippen LogP) is 4.69. The molecule has 3 aromatic rings. The monoisotopic (exact) mass is 476 g/mol. The molecule has 1 unspecified atom stereocenters. The third-order valence-electron chi connectivity index (χ3n) is 4.96. The first kappa shape index (κ1) is 22.1. The minimum absolute atomic E-state index is 0.0548. The number of nitrogens with zero attached hydrogens (tertiary/aromatic N) is 3. The maximum absolute atomic E-state index is 12.3. The Morgan fingerprint density at radius 2 is 2.03 bits per heavy atom. The van der Waals surface area contributed by atoms with E-state index in [1.807, 2.05) is 41.0 Å². The Hall–Kier alpha value is -2.06. The van der Waals surface area contributed by atoms with Gasteiger partial charge in [-0.25, -0.2) is 0 Å². The fraction of sp³-hybridized carbons (Fsp3) is 0.318. The van der Waals surface area contributed by atoms with Gasteiger partial charge in [0.1, 0.15) is 0 Å². The summed E-state index contributed by atoms with van der Waals surface area (Å²) in [6.45, 7) is 1.87. The lowest BCUT2D eigenvalue weighted by molar-refractivity contribution is -0.119. The molecule has 9 heteroatoms. The number of nitrogens with one attached hydrogen (secondary N) is 1. The summed E-state index contributed by atoms with van der Waals surface area (Å²) >= 11 is 13.8. The van der Waals surface area contributed by atoms with Gasteiger partial charge in [0.15, 0.2) is 11.0 Å². The Morgan fingerprint density at radius 3 is 2.77 bits per heavy atom. The predicted molar refractivity (Wildman–Crippen MR) is 124 cm³/mol. The summed E-state index contributed by atoms with van der Waals surface area (Å²) in [5.41, 5.74) is 1.84.